The molecule has 0 N–H and O–H groups in total. The quantitative estimate of drug-likeness (QED) is 0.837. The fourth-order valence-electron chi connectivity index (χ4n) is 2.63. The van der Waals surface area contributed by atoms with Crippen molar-refractivity contribution < 1.29 is 9.59 Å². The van der Waals surface area contributed by atoms with Gasteiger partial charge in [-0.25, -0.2) is 0 Å². The van der Waals surface area contributed by atoms with Gasteiger partial charge in [-0.05, 0) is 38.0 Å². The first-order valence-electron chi connectivity index (χ1n) is 6.86. The van der Waals surface area contributed by atoms with Gasteiger partial charge in [-0.3, -0.25) is 9.59 Å². The number of amides is 1. The van der Waals surface area contributed by atoms with Crippen LogP contribution in [0.3, 0.4) is 0 Å². The van der Waals surface area contributed by atoms with Crippen molar-refractivity contribution in [1.82, 2.24) is 4.90 Å². The predicted octanol–water partition coefficient (Wildman–Crippen LogP) is 2.83. The van der Waals surface area contributed by atoms with Crippen molar-refractivity contribution in [2.75, 3.05) is 6.54 Å². The maximum atomic E-state index is 12.5. The number of carbonyl (C=O) groups excluding carboxylic acids is 2. The summed E-state index contributed by atoms with van der Waals surface area (Å²) >= 11 is 0. The van der Waals surface area contributed by atoms with Crippen molar-refractivity contribution in [3.63, 3.8) is 0 Å². The molecule has 1 aromatic rings. The van der Waals surface area contributed by atoms with Gasteiger partial charge in [0.25, 0.3) is 5.91 Å². The summed E-state index contributed by atoms with van der Waals surface area (Å²) in [5.41, 5.74) is 1.55. The lowest BCUT2D eigenvalue weighted by Gasteiger charge is -2.30. The molecule has 0 spiro atoms. The maximum Gasteiger partial charge on any atom is 0.254 e. The summed E-state index contributed by atoms with van der Waals surface area (Å²) in [6.45, 7) is 6.27. The lowest BCUT2D eigenvalue weighted by Crippen LogP contribution is -2.42. The van der Waals surface area contributed by atoms with Crippen LogP contribution < -0.4 is 0 Å². The topological polar surface area (TPSA) is 37.4 Å². The molecule has 19 heavy (non-hydrogen) atoms. The highest BCUT2D eigenvalue weighted by Crippen LogP contribution is 2.27. The van der Waals surface area contributed by atoms with Crippen LogP contribution in [0.5, 0.6) is 0 Å². The summed E-state index contributed by atoms with van der Waals surface area (Å²) < 4.78 is 0. The van der Waals surface area contributed by atoms with Crippen molar-refractivity contribution in [3.05, 3.63) is 35.4 Å². The lowest BCUT2D eigenvalue weighted by atomic mass is 10.0. The average molecular weight is 259 g/mol. The zero-order valence-electron chi connectivity index (χ0n) is 11.9. The second-order valence-corrected chi connectivity index (χ2v) is 5.87. The molecule has 1 aromatic carbocycles. The standard InChI is InChI=1S/C16H21NO2/c1-4-5-12-6-8-13(9-7-12)15(19)17-11-14(18)10-16(17,2)3/h6-9H,4-5,10-11H2,1-3H3. The first kappa shape index (κ1) is 13.8. The highest BCUT2D eigenvalue weighted by molar-refractivity contribution is 5.99. The Morgan fingerprint density at radius 3 is 2.37 bits per heavy atom. The van der Waals surface area contributed by atoms with Crippen LogP contribution in [0.4, 0.5) is 0 Å². The number of ketones is 1. The van der Waals surface area contributed by atoms with Crippen molar-refractivity contribution in [1.29, 1.82) is 0 Å². The van der Waals surface area contributed by atoms with Crippen LogP contribution in [0, 0.1) is 0 Å². The van der Waals surface area contributed by atoms with Gasteiger partial charge in [-0.1, -0.05) is 25.5 Å². The Morgan fingerprint density at radius 1 is 1.26 bits per heavy atom. The van der Waals surface area contributed by atoms with Gasteiger partial charge in [-0.2, -0.15) is 0 Å². The van der Waals surface area contributed by atoms with Gasteiger partial charge in [0.15, 0.2) is 5.78 Å². The van der Waals surface area contributed by atoms with Crippen molar-refractivity contribution in [3.8, 4) is 0 Å². The first-order chi connectivity index (χ1) is 8.94. The molecule has 3 nitrogen and oxygen atoms in total. The van der Waals surface area contributed by atoms with Gasteiger partial charge >= 0.3 is 0 Å². The molecule has 102 valence electrons. The fourth-order valence-corrected chi connectivity index (χ4v) is 2.63. The van der Waals surface area contributed by atoms with E-state index in [1.807, 2.05) is 38.1 Å². The van der Waals surface area contributed by atoms with E-state index in [9.17, 15) is 9.59 Å². The van der Waals surface area contributed by atoms with Gasteiger partial charge in [0.1, 0.15) is 0 Å². The van der Waals surface area contributed by atoms with Crippen LogP contribution in [-0.4, -0.2) is 28.7 Å². The number of hydrogen-bond acceptors (Lipinski definition) is 2. The van der Waals surface area contributed by atoms with Gasteiger partial charge in [0, 0.05) is 17.5 Å². The summed E-state index contributed by atoms with van der Waals surface area (Å²) in [5.74, 6) is 0.0971. The largest absolute Gasteiger partial charge is 0.326 e. The molecule has 0 saturated carbocycles. The molecule has 0 atom stereocenters. The number of nitrogens with zero attached hydrogens (tertiary/aromatic N) is 1. The van der Waals surface area contributed by atoms with E-state index in [0.717, 1.165) is 12.8 Å². The molecule has 0 bridgehead atoms. The SMILES string of the molecule is CCCc1ccc(C(=O)N2CC(=O)CC2(C)C)cc1. The predicted molar refractivity (Wildman–Crippen MR) is 75.2 cm³/mol. The second kappa shape index (κ2) is 5.16. The summed E-state index contributed by atoms with van der Waals surface area (Å²) in [4.78, 5) is 25.7. The average Bonchev–Trinajstić information content (AvgIpc) is 2.63. The minimum atomic E-state index is -0.365. The van der Waals surface area contributed by atoms with E-state index >= 15 is 0 Å². The molecule has 0 unspecified atom stereocenters. The van der Waals surface area contributed by atoms with Gasteiger partial charge in [-0.15, -0.1) is 0 Å². The van der Waals surface area contributed by atoms with Crippen LogP contribution in [0.25, 0.3) is 0 Å². The third-order valence-electron chi connectivity index (χ3n) is 3.68. The highest BCUT2D eigenvalue weighted by atomic mass is 16.2. The number of Topliss-reactive ketones (excluding diaryl/α,β-unsaturated/α-hetero) is 1. The number of benzene rings is 1. The Morgan fingerprint density at radius 2 is 1.89 bits per heavy atom. The van der Waals surface area contributed by atoms with Gasteiger partial charge in [0.05, 0.1) is 6.54 Å². The van der Waals surface area contributed by atoms with E-state index < -0.39 is 0 Å². The van der Waals surface area contributed by atoms with Crippen LogP contribution in [-0.2, 0) is 11.2 Å². The van der Waals surface area contributed by atoms with Crippen molar-refractivity contribution in [2.45, 2.75) is 45.6 Å². The van der Waals surface area contributed by atoms with Crippen LogP contribution in [0.1, 0.15) is 49.5 Å². The zero-order valence-corrected chi connectivity index (χ0v) is 11.9. The zero-order chi connectivity index (χ0) is 14.0. The number of carbonyl (C=O) groups is 2. The highest BCUT2D eigenvalue weighted by Gasteiger charge is 2.40. The number of likely N-dealkylation sites (tertiary alicyclic amines) is 1. The molecule has 1 aliphatic rings. The molecule has 2 rings (SSSR count). The minimum absolute atomic E-state index is 0.0427. The summed E-state index contributed by atoms with van der Waals surface area (Å²) in [5, 5.41) is 0. The second-order valence-electron chi connectivity index (χ2n) is 5.87. The van der Waals surface area contributed by atoms with Gasteiger partial charge < -0.3 is 4.90 Å². The van der Waals surface area contributed by atoms with Crippen molar-refractivity contribution >= 4 is 11.7 Å². The Balaban J connectivity index is 2.17. The Labute approximate surface area is 114 Å². The summed E-state index contributed by atoms with van der Waals surface area (Å²) in [6.07, 6.45) is 2.58. The minimum Gasteiger partial charge on any atom is -0.326 e. The monoisotopic (exact) mass is 259 g/mol. The third kappa shape index (κ3) is 2.86. The molecule has 1 saturated heterocycles. The molecule has 1 fully saturated rings. The third-order valence-corrected chi connectivity index (χ3v) is 3.68. The molecule has 0 aromatic heterocycles. The Bertz CT molecular complexity index is 488. The normalized spacial score (nSPS) is 17.8. The summed E-state index contributed by atoms with van der Waals surface area (Å²) in [6, 6.07) is 7.74. The number of aryl methyl sites for hydroxylation is 1. The number of rotatable bonds is 3. The molecule has 1 amide bonds. The molecule has 0 radical (unpaired) electrons. The molecule has 3 heteroatoms. The fraction of sp³-hybridized carbons (Fsp3) is 0.500. The van der Waals surface area contributed by atoms with Gasteiger partial charge in [0.2, 0.25) is 0 Å². The van der Waals surface area contributed by atoms with E-state index in [4.69, 9.17) is 0 Å². The van der Waals surface area contributed by atoms with E-state index in [1.165, 1.54) is 5.56 Å². The molecule has 0 aliphatic carbocycles. The smallest absolute Gasteiger partial charge is 0.254 e. The van der Waals surface area contributed by atoms with E-state index in [-0.39, 0.29) is 23.8 Å². The van der Waals surface area contributed by atoms with Crippen LogP contribution >= 0.6 is 0 Å². The molecule has 1 aliphatic heterocycles. The van der Waals surface area contributed by atoms with Crippen LogP contribution in [0.15, 0.2) is 24.3 Å². The number of hydrogen-bond donors (Lipinski definition) is 0. The Hall–Kier alpha value is -1.64. The van der Waals surface area contributed by atoms with E-state index in [1.54, 1.807) is 4.90 Å². The van der Waals surface area contributed by atoms with Crippen LogP contribution in [0.2, 0.25) is 0 Å². The maximum absolute atomic E-state index is 12.5. The molecule has 1 heterocycles. The van der Waals surface area contributed by atoms with E-state index in [2.05, 4.69) is 6.92 Å². The molecular weight excluding hydrogens is 238 g/mol. The Kier molecular flexibility index (Phi) is 3.74. The van der Waals surface area contributed by atoms with Crippen molar-refractivity contribution in [2.24, 2.45) is 0 Å². The molecular formula is C16H21NO2. The van der Waals surface area contributed by atoms with E-state index in [0.29, 0.717) is 12.0 Å². The summed E-state index contributed by atoms with van der Waals surface area (Å²) in [7, 11) is 0. The lowest BCUT2D eigenvalue weighted by molar-refractivity contribution is -0.116. The first-order valence-corrected chi connectivity index (χ1v) is 6.86.